The van der Waals surface area contributed by atoms with Gasteiger partial charge in [0.1, 0.15) is 0 Å². The summed E-state index contributed by atoms with van der Waals surface area (Å²) in [7, 11) is 0. The summed E-state index contributed by atoms with van der Waals surface area (Å²) in [4.78, 5) is 0. The first-order valence-corrected chi connectivity index (χ1v) is 17.5. The van der Waals surface area contributed by atoms with Gasteiger partial charge in [0.05, 0.1) is 12.2 Å². The van der Waals surface area contributed by atoms with Crippen molar-refractivity contribution in [2.75, 3.05) is 13.2 Å². The molecule has 0 spiro atoms. The maximum Gasteiger partial charge on any atom is 0.0612 e. The van der Waals surface area contributed by atoms with Crippen molar-refractivity contribution >= 4 is 0 Å². The second-order valence-electron chi connectivity index (χ2n) is 15.1. The average Bonchev–Trinajstić information content (AvgIpc) is 3.26. The van der Waals surface area contributed by atoms with E-state index >= 15 is 0 Å². The van der Waals surface area contributed by atoms with Gasteiger partial charge in [-0.2, -0.15) is 0 Å². The first-order valence-electron chi connectivity index (χ1n) is 17.5. The number of ether oxygens (including phenoxy) is 2. The van der Waals surface area contributed by atoms with E-state index in [0.29, 0.717) is 23.0 Å². The van der Waals surface area contributed by atoms with Crippen molar-refractivity contribution in [2.45, 2.75) is 164 Å². The molecule has 2 nitrogen and oxygen atoms in total. The van der Waals surface area contributed by atoms with Gasteiger partial charge in [0, 0.05) is 13.2 Å². The van der Waals surface area contributed by atoms with Crippen molar-refractivity contribution in [1.82, 2.24) is 0 Å². The molecule has 4 aliphatic carbocycles. The molecule has 0 saturated heterocycles. The molecule has 0 N–H and O–H groups in total. The summed E-state index contributed by atoms with van der Waals surface area (Å²) >= 11 is 0. The summed E-state index contributed by atoms with van der Waals surface area (Å²) < 4.78 is 11.5. The monoisotopic (exact) mass is 545 g/mol. The fraction of sp³-hybridized carbons (Fsp3) is 0.946. The van der Waals surface area contributed by atoms with Crippen molar-refractivity contribution < 1.29 is 9.47 Å². The molecule has 9 atom stereocenters. The lowest BCUT2D eigenvalue weighted by molar-refractivity contribution is -0.0630. The van der Waals surface area contributed by atoms with E-state index in [0.717, 1.165) is 55.1 Å². The minimum absolute atomic E-state index is 0.455. The highest BCUT2D eigenvalue weighted by Crippen LogP contribution is 2.67. The van der Waals surface area contributed by atoms with Crippen LogP contribution in [0.15, 0.2) is 11.6 Å². The number of hydrogen-bond acceptors (Lipinski definition) is 2. The molecule has 9 unspecified atom stereocenters. The van der Waals surface area contributed by atoms with Crippen LogP contribution in [-0.4, -0.2) is 25.4 Å². The Morgan fingerprint density at radius 3 is 2.33 bits per heavy atom. The van der Waals surface area contributed by atoms with Crippen LogP contribution in [-0.2, 0) is 9.47 Å². The van der Waals surface area contributed by atoms with E-state index in [1.54, 1.807) is 5.57 Å². The van der Waals surface area contributed by atoms with Crippen molar-refractivity contribution in [3.05, 3.63) is 11.6 Å². The van der Waals surface area contributed by atoms with Gasteiger partial charge < -0.3 is 9.47 Å². The van der Waals surface area contributed by atoms with Crippen LogP contribution in [0.5, 0.6) is 0 Å². The lowest BCUT2D eigenvalue weighted by Gasteiger charge is -2.58. The minimum atomic E-state index is 0.455. The number of unbranched alkanes of at least 4 members (excludes halogenated alkanes) is 1. The normalized spacial score (nSPS) is 37.2. The van der Waals surface area contributed by atoms with Gasteiger partial charge in [0.2, 0.25) is 0 Å². The maximum absolute atomic E-state index is 6.04. The Labute approximate surface area is 244 Å². The zero-order valence-corrected chi connectivity index (χ0v) is 27.8. The van der Waals surface area contributed by atoms with Crippen LogP contribution < -0.4 is 0 Å². The van der Waals surface area contributed by atoms with Crippen LogP contribution in [0.3, 0.4) is 0 Å². The van der Waals surface area contributed by atoms with E-state index in [-0.39, 0.29) is 0 Å². The van der Waals surface area contributed by atoms with E-state index in [9.17, 15) is 0 Å². The molecule has 228 valence electrons. The zero-order valence-electron chi connectivity index (χ0n) is 27.8. The van der Waals surface area contributed by atoms with Gasteiger partial charge in [-0.15, -0.1) is 0 Å². The van der Waals surface area contributed by atoms with E-state index in [4.69, 9.17) is 9.47 Å². The zero-order chi connectivity index (χ0) is 28.6. The standard InChI is InChI=1S/C29H50O.C8H18O/c1-7-30-23-15-17-28(5)22(19-23)11-12-24-26-14-13-25(21(4)10-8-9-20(2)3)29(26,6)18-16-27(24)28;1-4-6-7-9-8(3)5-2/h11,20-21,23-27H,7-10,12-19H2,1-6H3;8H,4-7H2,1-3H3. The third-order valence-electron chi connectivity index (χ3n) is 12.1. The van der Waals surface area contributed by atoms with Gasteiger partial charge in [0.15, 0.2) is 0 Å². The third-order valence-corrected chi connectivity index (χ3v) is 12.1. The molecular weight excluding hydrogens is 476 g/mol. The molecule has 3 saturated carbocycles. The molecule has 0 radical (unpaired) electrons. The number of hydrogen-bond donors (Lipinski definition) is 0. The van der Waals surface area contributed by atoms with E-state index in [1.165, 1.54) is 83.5 Å². The van der Waals surface area contributed by atoms with Crippen LogP contribution in [0.2, 0.25) is 0 Å². The molecule has 0 aliphatic heterocycles. The molecule has 0 bridgehead atoms. The highest BCUT2D eigenvalue weighted by Gasteiger charge is 2.59. The second kappa shape index (κ2) is 15.2. The molecule has 2 heteroatoms. The smallest absolute Gasteiger partial charge is 0.0612 e. The van der Waals surface area contributed by atoms with Crippen molar-refractivity contribution in [2.24, 2.45) is 46.3 Å². The largest absolute Gasteiger partial charge is 0.379 e. The van der Waals surface area contributed by atoms with Crippen LogP contribution in [0.25, 0.3) is 0 Å². The highest BCUT2D eigenvalue weighted by molar-refractivity contribution is 5.25. The van der Waals surface area contributed by atoms with Gasteiger partial charge in [0.25, 0.3) is 0 Å². The van der Waals surface area contributed by atoms with E-state index < -0.39 is 0 Å². The first-order chi connectivity index (χ1) is 18.6. The Bertz CT molecular complexity index is 742. The van der Waals surface area contributed by atoms with E-state index in [1.807, 2.05) is 0 Å². The maximum atomic E-state index is 6.04. The summed E-state index contributed by atoms with van der Waals surface area (Å²) in [6, 6.07) is 0. The Balaban J connectivity index is 0.000000403. The second-order valence-corrected chi connectivity index (χ2v) is 15.1. The van der Waals surface area contributed by atoms with Gasteiger partial charge in [-0.3, -0.25) is 0 Å². The predicted octanol–water partition coefficient (Wildman–Crippen LogP) is 11.0. The van der Waals surface area contributed by atoms with Crippen LogP contribution in [0, 0.1) is 46.3 Å². The van der Waals surface area contributed by atoms with Gasteiger partial charge in [-0.05, 0) is 124 Å². The molecule has 4 rings (SSSR count). The molecule has 0 amide bonds. The molecule has 3 fully saturated rings. The van der Waals surface area contributed by atoms with Gasteiger partial charge >= 0.3 is 0 Å². The third kappa shape index (κ3) is 7.94. The predicted molar refractivity (Wildman–Crippen MR) is 169 cm³/mol. The molecule has 0 aromatic carbocycles. The number of rotatable bonds is 12. The Kier molecular flexibility index (Phi) is 12.9. The number of allylic oxidation sites excluding steroid dienone is 1. The summed E-state index contributed by atoms with van der Waals surface area (Å²) in [5.74, 6) is 5.63. The minimum Gasteiger partial charge on any atom is -0.379 e. The number of fused-ring (bicyclic) bond motifs is 5. The summed E-state index contributed by atoms with van der Waals surface area (Å²) in [6.07, 6.45) is 22.7. The molecule has 39 heavy (non-hydrogen) atoms. The lowest BCUT2D eigenvalue weighted by atomic mass is 9.47. The summed E-state index contributed by atoms with van der Waals surface area (Å²) in [6.45, 7) is 23.1. The molecule has 4 aliphatic rings. The van der Waals surface area contributed by atoms with Crippen LogP contribution >= 0.6 is 0 Å². The fourth-order valence-electron chi connectivity index (χ4n) is 9.58. The quantitative estimate of drug-likeness (QED) is 0.180. The molecule has 0 aromatic rings. The van der Waals surface area contributed by atoms with E-state index in [2.05, 4.69) is 68.4 Å². The van der Waals surface area contributed by atoms with Gasteiger partial charge in [-0.25, -0.2) is 0 Å². The van der Waals surface area contributed by atoms with Crippen LogP contribution in [0.1, 0.15) is 152 Å². The summed E-state index contributed by atoms with van der Waals surface area (Å²) in [5.41, 5.74) is 2.86. The Hall–Kier alpha value is -0.340. The summed E-state index contributed by atoms with van der Waals surface area (Å²) in [5, 5.41) is 0. The topological polar surface area (TPSA) is 18.5 Å². The highest BCUT2D eigenvalue weighted by atomic mass is 16.5. The Morgan fingerprint density at radius 2 is 1.67 bits per heavy atom. The Morgan fingerprint density at radius 1 is 0.897 bits per heavy atom. The first kappa shape index (κ1) is 33.2. The van der Waals surface area contributed by atoms with Crippen LogP contribution in [0.4, 0.5) is 0 Å². The van der Waals surface area contributed by atoms with Crippen molar-refractivity contribution in [3.63, 3.8) is 0 Å². The lowest BCUT2D eigenvalue weighted by Crippen LogP contribution is -2.51. The van der Waals surface area contributed by atoms with Crippen molar-refractivity contribution in [3.8, 4) is 0 Å². The van der Waals surface area contributed by atoms with Gasteiger partial charge in [-0.1, -0.05) is 85.8 Å². The van der Waals surface area contributed by atoms with Crippen molar-refractivity contribution in [1.29, 1.82) is 0 Å². The molecule has 0 heterocycles. The fourth-order valence-corrected chi connectivity index (χ4v) is 9.58. The molecular formula is C37H68O2. The average molecular weight is 545 g/mol. The molecule has 0 aromatic heterocycles. The SMILES string of the molecule is CCCCOC(C)CC.CCOC1CCC2(C)C(=CCC3C2CCC2(C)C(C(C)CCCC(C)C)CCC32)C1.